The average Bonchev–Trinajstić information content (AvgIpc) is 3.35. The first-order valence-corrected chi connectivity index (χ1v) is 15.6. The second kappa shape index (κ2) is 13.2. The van der Waals surface area contributed by atoms with Gasteiger partial charge in [0.05, 0.1) is 11.9 Å². The van der Waals surface area contributed by atoms with Crippen LogP contribution in [0.25, 0.3) is 0 Å². The van der Waals surface area contributed by atoms with E-state index in [0.717, 1.165) is 36.8 Å². The van der Waals surface area contributed by atoms with E-state index in [1.165, 1.54) is 15.5 Å². The molecule has 1 saturated carbocycles. The molecule has 1 atom stereocenters. The van der Waals surface area contributed by atoms with Crippen LogP contribution >= 0.6 is 23.2 Å². The Labute approximate surface area is 236 Å². The molecule has 10 heteroatoms. The molecule has 0 saturated heterocycles. The molecular formula is C28H37Cl2N3O4S. The molecule has 208 valence electrons. The highest BCUT2D eigenvalue weighted by molar-refractivity contribution is 7.92. The smallest absolute Gasteiger partial charge is 0.242 e. The Balaban J connectivity index is 1.77. The zero-order valence-electron chi connectivity index (χ0n) is 22.5. The van der Waals surface area contributed by atoms with Crippen molar-refractivity contribution < 1.29 is 18.0 Å². The minimum Gasteiger partial charge on any atom is -0.352 e. The number of halogens is 2. The van der Waals surface area contributed by atoms with E-state index in [0.29, 0.717) is 27.7 Å². The number of sulfonamides is 1. The standard InChI is InChI=1S/C28H37Cl2N3O4S/c1-19-11-12-20(2)26(16-19)33(38(4,36)37)15-7-10-27(34)32(18-22-13-14-23(29)17-25(22)30)21(3)28(35)31-24-8-5-6-9-24/h11-14,16-17,21,24H,5-10,15,18H2,1-4H3,(H,31,35)/t21-/m0/s1. The lowest BCUT2D eigenvalue weighted by Crippen LogP contribution is -2.49. The zero-order chi connectivity index (χ0) is 28.0. The molecule has 38 heavy (non-hydrogen) atoms. The second-order valence-corrected chi connectivity index (χ2v) is 12.9. The Bertz CT molecular complexity index is 1260. The first-order chi connectivity index (χ1) is 17.9. The highest BCUT2D eigenvalue weighted by Gasteiger charge is 2.29. The van der Waals surface area contributed by atoms with Gasteiger partial charge in [-0.25, -0.2) is 8.42 Å². The van der Waals surface area contributed by atoms with Crippen LogP contribution in [0, 0.1) is 13.8 Å². The van der Waals surface area contributed by atoms with E-state index >= 15 is 0 Å². The number of benzene rings is 2. The third kappa shape index (κ3) is 8.10. The molecular weight excluding hydrogens is 545 g/mol. The van der Waals surface area contributed by atoms with Crippen molar-refractivity contribution in [1.82, 2.24) is 10.2 Å². The molecule has 2 aromatic rings. The molecule has 0 bridgehead atoms. The van der Waals surface area contributed by atoms with Crippen molar-refractivity contribution in [3.05, 3.63) is 63.1 Å². The third-order valence-electron chi connectivity index (χ3n) is 7.01. The Kier molecular flexibility index (Phi) is 10.5. The van der Waals surface area contributed by atoms with Gasteiger partial charge in [-0.1, -0.05) is 54.2 Å². The molecule has 3 rings (SSSR count). The van der Waals surface area contributed by atoms with Gasteiger partial charge in [0.15, 0.2) is 0 Å². The number of nitrogens with one attached hydrogen (secondary N) is 1. The number of aryl methyl sites for hydroxylation is 2. The van der Waals surface area contributed by atoms with Crippen molar-refractivity contribution in [2.45, 2.75) is 77.9 Å². The molecule has 1 N–H and O–H groups in total. The molecule has 0 aliphatic heterocycles. The average molecular weight is 583 g/mol. The van der Waals surface area contributed by atoms with Crippen LogP contribution in [-0.4, -0.2) is 50.0 Å². The number of anilines is 1. The Morgan fingerprint density at radius 3 is 2.39 bits per heavy atom. The van der Waals surface area contributed by atoms with Gasteiger partial charge in [0.1, 0.15) is 6.04 Å². The summed E-state index contributed by atoms with van der Waals surface area (Å²) in [7, 11) is -3.56. The molecule has 1 aliphatic carbocycles. The van der Waals surface area contributed by atoms with Gasteiger partial charge in [-0.05, 0) is 74.9 Å². The molecule has 2 aromatic carbocycles. The Morgan fingerprint density at radius 2 is 1.76 bits per heavy atom. The fraction of sp³-hybridized carbons (Fsp3) is 0.500. The van der Waals surface area contributed by atoms with Crippen LogP contribution in [0.4, 0.5) is 5.69 Å². The zero-order valence-corrected chi connectivity index (χ0v) is 24.8. The minimum absolute atomic E-state index is 0.0726. The summed E-state index contributed by atoms with van der Waals surface area (Å²) in [6.45, 7) is 5.77. The summed E-state index contributed by atoms with van der Waals surface area (Å²) in [6, 6.07) is 10.1. The van der Waals surface area contributed by atoms with Crippen molar-refractivity contribution in [3.8, 4) is 0 Å². The van der Waals surface area contributed by atoms with E-state index in [9.17, 15) is 18.0 Å². The summed E-state index contributed by atoms with van der Waals surface area (Å²) in [4.78, 5) is 28.1. The summed E-state index contributed by atoms with van der Waals surface area (Å²) < 4.78 is 26.6. The van der Waals surface area contributed by atoms with Crippen molar-refractivity contribution in [3.63, 3.8) is 0 Å². The Hall–Kier alpha value is -2.29. The SMILES string of the molecule is Cc1ccc(C)c(N(CCCC(=O)N(Cc2ccc(Cl)cc2Cl)[C@@H](C)C(=O)NC2CCCC2)S(C)(=O)=O)c1. The number of hydrogen-bond acceptors (Lipinski definition) is 4. The van der Waals surface area contributed by atoms with Crippen molar-refractivity contribution in [1.29, 1.82) is 0 Å². The number of amides is 2. The number of hydrogen-bond donors (Lipinski definition) is 1. The van der Waals surface area contributed by atoms with Crippen molar-refractivity contribution in [2.75, 3.05) is 17.1 Å². The predicted octanol–water partition coefficient (Wildman–Crippen LogP) is 5.63. The predicted molar refractivity (Wildman–Crippen MR) is 154 cm³/mol. The first kappa shape index (κ1) is 30.3. The van der Waals surface area contributed by atoms with E-state index in [2.05, 4.69) is 5.32 Å². The van der Waals surface area contributed by atoms with Crippen molar-refractivity contribution in [2.24, 2.45) is 0 Å². The summed E-state index contributed by atoms with van der Waals surface area (Å²) in [5.41, 5.74) is 3.07. The van der Waals surface area contributed by atoms with Gasteiger partial charge >= 0.3 is 0 Å². The molecule has 0 aromatic heterocycles. The lowest BCUT2D eigenvalue weighted by molar-refractivity contribution is -0.140. The maximum Gasteiger partial charge on any atom is 0.242 e. The lowest BCUT2D eigenvalue weighted by atomic mass is 10.1. The molecule has 0 spiro atoms. The van der Waals surface area contributed by atoms with Gasteiger partial charge in [-0.3, -0.25) is 13.9 Å². The van der Waals surface area contributed by atoms with Gasteiger partial charge in [-0.15, -0.1) is 0 Å². The number of nitrogens with zero attached hydrogens (tertiary/aromatic N) is 2. The highest BCUT2D eigenvalue weighted by Crippen LogP contribution is 2.26. The first-order valence-electron chi connectivity index (χ1n) is 13.0. The van der Waals surface area contributed by atoms with Crippen molar-refractivity contribution >= 4 is 50.7 Å². The highest BCUT2D eigenvalue weighted by atomic mass is 35.5. The number of carbonyl (C=O) groups is 2. The largest absolute Gasteiger partial charge is 0.352 e. The summed E-state index contributed by atoms with van der Waals surface area (Å²) in [6.07, 6.45) is 5.58. The van der Waals surface area contributed by atoms with Crippen LogP contribution in [0.1, 0.15) is 62.1 Å². The molecule has 0 unspecified atom stereocenters. The monoisotopic (exact) mass is 581 g/mol. The molecule has 1 fully saturated rings. The fourth-order valence-electron chi connectivity index (χ4n) is 4.78. The summed E-state index contributed by atoms with van der Waals surface area (Å²) in [5, 5.41) is 3.97. The topological polar surface area (TPSA) is 86.8 Å². The molecule has 2 amide bonds. The second-order valence-electron chi connectivity index (χ2n) is 10.2. The molecule has 0 radical (unpaired) electrons. The molecule has 7 nitrogen and oxygen atoms in total. The van der Waals surface area contributed by atoms with Crippen LogP contribution in [-0.2, 0) is 26.2 Å². The summed E-state index contributed by atoms with van der Waals surface area (Å²) in [5.74, 6) is -0.456. The van der Waals surface area contributed by atoms with Gasteiger partial charge in [-0.2, -0.15) is 0 Å². The lowest BCUT2D eigenvalue weighted by Gasteiger charge is -2.30. The van der Waals surface area contributed by atoms with Crippen LogP contribution in [0.5, 0.6) is 0 Å². The van der Waals surface area contributed by atoms with E-state index in [-0.39, 0.29) is 37.4 Å². The summed E-state index contributed by atoms with van der Waals surface area (Å²) >= 11 is 12.4. The van der Waals surface area contributed by atoms with E-state index in [1.54, 1.807) is 25.1 Å². The number of rotatable bonds is 11. The van der Waals surface area contributed by atoms with E-state index in [4.69, 9.17) is 23.2 Å². The van der Waals surface area contributed by atoms with Crippen LogP contribution in [0.2, 0.25) is 10.0 Å². The molecule has 0 heterocycles. The minimum atomic E-state index is -3.56. The maximum atomic E-state index is 13.5. The quantitative estimate of drug-likeness (QED) is 0.372. The van der Waals surface area contributed by atoms with E-state index < -0.39 is 16.1 Å². The van der Waals surface area contributed by atoms with Gasteiger partial charge in [0.25, 0.3) is 0 Å². The van der Waals surface area contributed by atoms with Crippen LogP contribution < -0.4 is 9.62 Å². The molecule has 1 aliphatic rings. The normalized spacial score (nSPS) is 14.8. The van der Waals surface area contributed by atoms with Gasteiger partial charge in [0.2, 0.25) is 21.8 Å². The number of carbonyl (C=O) groups excluding carboxylic acids is 2. The maximum absolute atomic E-state index is 13.5. The van der Waals surface area contributed by atoms with Gasteiger partial charge < -0.3 is 10.2 Å². The third-order valence-corrected chi connectivity index (χ3v) is 8.78. The van der Waals surface area contributed by atoms with Gasteiger partial charge in [0, 0.05) is 35.6 Å². The van der Waals surface area contributed by atoms with Crippen LogP contribution in [0.3, 0.4) is 0 Å². The van der Waals surface area contributed by atoms with Crippen LogP contribution in [0.15, 0.2) is 36.4 Å². The fourth-order valence-corrected chi connectivity index (χ4v) is 6.26. The Morgan fingerprint density at radius 1 is 1.08 bits per heavy atom. The van der Waals surface area contributed by atoms with E-state index in [1.807, 2.05) is 32.0 Å².